The molecule has 0 radical (unpaired) electrons. The Kier molecular flexibility index (Phi) is 3.82. The first-order chi connectivity index (χ1) is 8.42. The van der Waals surface area contributed by atoms with Gasteiger partial charge in [-0.25, -0.2) is 0 Å². The summed E-state index contributed by atoms with van der Waals surface area (Å²) in [5.74, 6) is 0.396. The molecule has 1 aliphatic rings. The van der Waals surface area contributed by atoms with Gasteiger partial charge in [-0.3, -0.25) is 0 Å². The Morgan fingerprint density at radius 2 is 1.94 bits per heavy atom. The van der Waals surface area contributed by atoms with E-state index < -0.39 is 0 Å². The van der Waals surface area contributed by atoms with Crippen molar-refractivity contribution < 1.29 is 5.11 Å². The van der Waals surface area contributed by atoms with Crippen molar-refractivity contribution in [3.8, 4) is 0 Å². The second kappa shape index (κ2) is 5.05. The highest BCUT2D eigenvalue weighted by molar-refractivity contribution is 5.32. The average molecular weight is 246 g/mol. The summed E-state index contributed by atoms with van der Waals surface area (Å²) in [6.07, 6.45) is 4.65. The lowest BCUT2D eigenvalue weighted by Gasteiger charge is -2.41. The molecule has 0 bridgehead atoms. The van der Waals surface area contributed by atoms with Gasteiger partial charge in [-0.15, -0.1) is 0 Å². The quantitative estimate of drug-likeness (QED) is 0.811. The third-order valence-electron chi connectivity index (χ3n) is 4.72. The van der Waals surface area contributed by atoms with Gasteiger partial charge in [-0.2, -0.15) is 0 Å². The van der Waals surface area contributed by atoms with E-state index in [2.05, 4.69) is 45.9 Å². The van der Waals surface area contributed by atoms with Crippen molar-refractivity contribution in [2.24, 2.45) is 11.3 Å². The summed E-state index contributed by atoms with van der Waals surface area (Å²) in [6, 6.07) is 6.40. The van der Waals surface area contributed by atoms with Crippen molar-refractivity contribution in [3.05, 3.63) is 34.9 Å². The van der Waals surface area contributed by atoms with E-state index in [0.29, 0.717) is 5.92 Å². The van der Waals surface area contributed by atoms with Crippen molar-refractivity contribution in [2.45, 2.75) is 59.5 Å². The van der Waals surface area contributed by atoms with Gasteiger partial charge >= 0.3 is 0 Å². The van der Waals surface area contributed by atoms with E-state index >= 15 is 0 Å². The van der Waals surface area contributed by atoms with Crippen LogP contribution < -0.4 is 0 Å². The predicted octanol–water partition coefficient (Wildman–Crippen LogP) is 4.55. The summed E-state index contributed by atoms with van der Waals surface area (Å²) in [5, 5.41) is 10.8. The van der Waals surface area contributed by atoms with Gasteiger partial charge in [0.2, 0.25) is 0 Å². The molecule has 2 unspecified atom stereocenters. The smallest absolute Gasteiger partial charge is 0.0825 e. The summed E-state index contributed by atoms with van der Waals surface area (Å²) in [7, 11) is 0. The molecule has 1 N–H and O–H groups in total. The zero-order valence-electron chi connectivity index (χ0n) is 12.2. The highest BCUT2D eigenvalue weighted by atomic mass is 16.3. The molecule has 1 nitrogen and oxygen atoms in total. The van der Waals surface area contributed by atoms with Crippen LogP contribution in [0.25, 0.3) is 0 Å². The molecule has 1 aromatic carbocycles. The molecule has 2 atom stereocenters. The number of aliphatic hydroxyl groups excluding tert-OH is 1. The first-order valence-electron chi connectivity index (χ1n) is 7.17. The SMILES string of the molecule is Cc1ccc(C(O)C2CCCCC2(C)C)c(C)c1. The van der Waals surface area contributed by atoms with Gasteiger partial charge in [0.1, 0.15) is 0 Å². The molecule has 18 heavy (non-hydrogen) atoms. The minimum Gasteiger partial charge on any atom is -0.388 e. The van der Waals surface area contributed by atoms with Crippen LogP contribution in [0.2, 0.25) is 0 Å². The molecule has 1 aromatic rings. The van der Waals surface area contributed by atoms with E-state index in [1.165, 1.54) is 30.4 Å². The zero-order valence-corrected chi connectivity index (χ0v) is 12.2. The van der Waals surface area contributed by atoms with Crippen LogP contribution in [0.5, 0.6) is 0 Å². The van der Waals surface area contributed by atoms with E-state index in [-0.39, 0.29) is 11.5 Å². The summed E-state index contributed by atoms with van der Waals surface area (Å²) in [6.45, 7) is 8.84. The summed E-state index contributed by atoms with van der Waals surface area (Å²) in [5.41, 5.74) is 3.88. The van der Waals surface area contributed by atoms with E-state index in [1.54, 1.807) is 0 Å². The molecule has 0 aliphatic heterocycles. The van der Waals surface area contributed by atoms with Crippen LogP contribution >= 0.6 is 0 Å². The average Bonchev–Trinajstić information content (AvgIpc) is 2.27. The third-order valence-corrected chi connectivity index (χ3v) is 4.72. The standard InChI is InChI=1S/C17H26O/c1-12-8-9-14(13(2)11-12)16(18)15-7-5-6-10-17(15,3)4/h8-9,11,15-16,18H,5-7,10H2,1-4H3. The number of rotatable bonds is 2. The predicted molar refractivity (Wildman–Crippen MR) is 76.6 cm³/mol. The van der Waals surface area contributed by atoms with E-state index in [4.69, 9.17) is 0 Å². The van der Waals surface area contributed by atoms with Crippen molar-refractivity contribution >= 4 is 0 Å². The van der Waals surface area contributed by atoms with Crippen LogP contribution in [-0.2, 0) is 0 Å². The third kappa shape index (κ3) is 2.61. The molecule has 0 saturated heterocycles. The Bertz CT molecular complexity index is 420. The highest BCUT2D eigenvalue weighted by Crippen LogP contribution is 2.47. The highest BCUT2D eigenvalue weighted by Gasteiger charge is 2.37. The van der Waals surface area contributed by atoms with Crippen molar-refractivity contribution in [2.75, 3.05) is 0 Å². The number of aryl methyl sites for hydroxylation is 2. The molecule has 2 rings (SSSR count). The fraction of sp³-hybridized carbons (Fsp3) is 0.647. The lowest BCUT2D eigenvalue weighted by atomic mass is 9.65. The minimum absolute atomic E-state index is 0.259. The molecule has 1 aliphatic carbocycles. The molecule has 100 valence electrons. The fourth-order valence-electron chi connectivity index (χ4n) is 3.48. The van der Waals surface area contributed by atoms with Crippen molar-refractivity contribution in [3.63, 3.8) is 0 Å². The minimum atomic E-state index is -0.305. The van der Waals surface area contributed by atoms with Gasteiger partial charge in [-0.05, 0) is 49.1 Å². The Morgan fingerprint density at radius 3 is 2.56 bits per heavy atom. The van der Waals surface area contributed by atoms with Crippen LogP contribution in [0.1, 0.15) is 62.3 Å². The molecular formula is C17H26O. The molecule has 1 fully saturated rings. The maximum absolute atomic E-state index is 10.8. The molecule has 0 spiro atoms. The fourth-order valence-corrected chi connectivity index (χ4v) is 3.48. The molecule has 1 saturated carbocycles. The number of aliphatic hydroxyl groups is 1. The monoisotopic (exact) mass is 246 g/mol. The molecule has 0 aromatic heterocycles. The number of hydrogen-bond donors (Lipinski definition) is 1. The van der Waals surface area contributed by atoms with Gasteiger partial charge in [-0.1, -0.05) is 50.5 Å². The lowest BCUT2D eigenvalue weighted by Crippen LogP contribution is -2.32. The van der Waals surface area contributed by atoms with Crippen molar-refractivity contribution in [1.82, 2.24) is 0 Å². The zero-order chi connectivity index (χ0) is 13.3. The summed E-state index contributed by atoms with van der Waals surface area (Å²) in [4.78, 5) is 0. The molecule has 1 heteroatoms. The molecule has 0 amide bonds. The van der Waals surface area contributed by atoms with Gasteiger partial charge in [0, 0.05) is 0 Å². The normalized spacial score (nSPS) is 24.8. The Hall–Kier alpha value is -0.820. The van der Waals surface area contributed by atoms with E-state index in [0.717, 1.165) is 12.0 Å². The first kappa shape index (κ1) is 13.6. The van der Waals surface area contributed by atoms with Gasteiger partial charge < -0.3 is 5.11 Å². The Morgan fingerprint density at radius 1 is 1.22 bits per heavy atom. The Labute approximate surface area is 111 Å². The first-order valence-corrected chi connectivity index (χ1v) is 7.17. The van der Waals surface area contributed by atoms with E-state index in [1.807, 2.05) is 0 Å². The maximum Gasteiger partial charge on any atom is 0.0825 e. The number of benzene rings is 1. The second-order valence-corrected chi connectivity index (χ2v) is 6.65. The topological polar surface area (TPSA) is 20.2 Å². The van der Waals surface area contributed by atoms with E-state index in [9.17, 15) is 5.11 Å². The van der Waals surface area contributed by atoms with Gasteiger partial charge in [0.05, 0.1) is 6.10 Å². The van der Waals surface area contributed by atoms with Crippen LogP contribution in [-0.4, -0.2) is 5.11 Å². The second-order valence-electron chi connectivity index (χ2n) is 6.65. The lowest BCUT2D eigenvalue weighted by molar-refractivity contribution is 0.00353. The van der Waals surface area contributed by atoms with Crippen molar-refractivity contribution in [1.29, 1.82) is 0 Å². The molecule has 0 heterocycles. The summed E-state index contributed by atoms with van der Waals surface area (Å²) < 4.78 is 0. The Balaban J connectivity index is 2.27. The molecular weight excluding hydrogens is 220 g/mol. The maximum atomic E-state index is 10.8. The van der Waals surface area contributed by atoms with Crippen LogP contribution in [0.4, 0.5) is 0 Å². The van der Waals surface area contributed by atoms with Gasteiger partial charge in [0.15, 0.2) is 0 Å². The number of hydrogen-bond acceptors (Lipinski definition) is 1. The van der Waals surface area contributed by atoms with Gasteiger partial charge in [0.25, 0.3) is 0 Å². The van der Waals surface area contributed by atoms with Crippen LogP contribution in [0.3, 0.4) is 0 Å². The summed E-state index contributed by atoms with van der Waals surface area (Å²) >= 11 is 0. The largest absolute Gasteiger partial charge is 0.388 e. The van der Waals surface area contributed by atoms with Crippen LogP contribution in [0, 0.1) is 25.2 Å². The van der Waals surface area contributed by atoms with Crippen LogP contribution in [0.15, 0.2) is 18.2 Å².